The molecule has 0 aliphatic heterocycles. The Morgan fingerprint density at radius 1 is 1.10 bits per heavy atom. The van der Waals surface area contributed by atoms with E-state index in [9.17, 15) is 4.79 Å². The van der Waals surface area contributed by atoms with Gasteiger partial charge >= 0.3 is 0 Å². The van der Waals surface area contributed by atoms with Crippen LogP contribution in [0.3, 0.4) is 0 Å². The van der Waals surface area contributed by atoms with E-state index < -0.39 is 0 Å². The van der Waals surface area contributed by atoms with Crippen molar-refractivity contribution in [1.82, 2.24) is 5.32 Å². The second-order valence-corrected chi connectivity index (χ2v) is 4.57. The normalized spacial score (nSPS) is 10.4. The number of nitrogens with one attached hydrogen (secondary N) is 1. The van der Waals surface area contributed by atoms with E-state index in [4.69, 9.17) is 9.52 Å². The molecule has 4 nitrogen and oxygen atoms in total. The van der Waals surface area contributed by atoms with Crippen LogP contribution in [-0.2, 0) is 0 Å². The standard InChI is InChI=1S/C16H19NO3/c18-11-6-2-5-10-17-16(19)15-14(9-12-20-15)13-7-3-1-4-8-13/h1,3-4,7-9,12,18H,2,5-6,10-11H2,(H,17,19). The number of rotatable bonds is 7. The maximum atomic E-state index is 12.1. The first-order valence-corrected chi connectivity index (χ1v) is 6.85. The van der Waals surface area contributed by atoms with Gasteiger partial charge < -0.3 is 14.8 Å². The molecular formula is C16H19NO3. The molecule has 2 rings (SSSR count). The topological polar surface area (TPSA) is 62.5 Å². The van der Waals surface area contributed by atoms with Crippen molar-refractivity contribution in [2.45, 2.75) is 19.3 Å². The van der Waals surface area contributed by atoms with Crippen LogP contribution in [0.5, 0.6) is 0 Å². The van der Waals surface area contributed by atoms with Crippen molar-refractivity contribution in [3.05, 3.63) is 48.4 Å². The summed E-state index contributed by atoms with van der Waals surface area (Å²) in [4.78, 5) is 12.1. The minimum absolute atomic E-state index is 0.196. The first kappa shape index (κ1) is 14.3. The van der Waals surface area contributed by atoms with Crippen molar-refractivity contribution in [3.63, 3.8) is 0 Å². The molecule has 0 atom stereocenters. The van der Waals surface area contributed by atoms with E-state index in [0.717, 1.165) is 30.4 Å². The summed E-state index contributed by atoms with van der Waals surface area (Å²) in [5.41, 5.74) is 1.77. The van der Waals surface area contributed by atoms with Gasteiger partial charge in [0.25, 0.3) is 5.91 Å². The SMILES string of the molecule is O=C(NCCCCCO)c1occc1-c1ccccc1. The average Bonchev–Trinajstić information content (AvgIpc) is 2.97. The van der Waals surface area contributed by atoms with Crippen LogP contribution in [0.15, 0.2) is 47.1 Å². The Bertz CT molecular complexity index is 534. The summed E-state index contributed by atoms with van der Waals surface area (Å²) in [6.45, 7) is 0.790. The summed E-state index contributed by atoms with van der Waals surface area (Å²) in [6, 6.07) is 11.5. The zero-order valence-electron chi connectivity index (χ0n) is 11.3. The smallest absolute Gasteiger partial charge is 0.287 e. The summed E-state index contributed by atoms with van der Waals surface area (Å²) in [5.74, 6) is 0.149. The summed E-state index contributed by atoms with van der Waals surface area (Å²) in [6.07, 6.45) is 4.06. The van der Waals surface area contributed by atoms with Gasteiger partial charge in [0.1, 0.15) is 0 Å². The van der Waals surface area contributed by atoms with Crippen LogP contribution in [0.1, 0.15) is 29.8 Å². The number of amides is 1. The predicted molar refractivity (Wildman–Crippen MR) is 77.4 cm³/mol. The maximum absolute atomic E-state index is 12.1. The molecular weight excluding hydrogens is 254 g/mol. The number of aliphatic hydroxyl groups excluding tert-OH is 1. The molecule has 20 heavy (non-hydrogen) atoms. The Hall–Kier alpha value is -2.07. The number of carbonyl (C=O) groups is 1. The second kappa shape index (κ2) is 7.50. The van der Waals surface area contributed by atoms with E-state index in [-0.39, 0.29) is 12.5 Å². The van der Waals surface area contributed by atoms with Gasteiger partial charge in [-0.3, -0.25) is 4.79 Å². The van der Waals surface area contributed by atoms with Crippen LogP contribution in [0.25, 0.3) is 11.1 Å². The highest BCUT2D eigenvalue weighted by Gasteiger charge is 2.15. The fourth-order valence-electron chi connectivity index (χ4n) is 2.03. The largest absolute Gasteiger partial charge is 0.459 e. The van der Waals surface area contributed by atoms with Gasteiger partial charge in [-0.1, -0.05) is 30.3 Å². The zero-order chi connectivity index (χ0) is 14.2. The molecule has 0 unspecified atom stereocenters. The molecule has 2 aromatic rings. The van der Waals surface area contributed by atoms with Gasteiger partial charge in [0.05, 0.1) is 6.26 Å². The third-order valence-corrected chi connectivity index (χ3v) is 3.08. The third-order valence-electron chi connectivity index (χ3n) is 3.08. The quantitative estimate of drug-likeness (QED) is 0.762. The Balaban J connectivity index is 1.96. The second-order valence-electron chi connectivity index (χ2n) is 4.57. The highest BCUT2D eigenvalue weighted by Crippen LogP contribution is 2.24. The molecule has 0 saturated heterocycles. The van der Waals surface area contributed by atoms with Crippen LogP contribution in [0.4, 0.5) is 0 Å². The van der Waals surface area contributed by atoms with Gasteiger partial charge in [0.15, 0.2) is 5.76 Å². The zero-order valence-corrected chi connectivity index (χ0v) is 11.3. The van der Waals surface area contributed by atoms with Gasteiger partial charge in [-0.05, 0) is 30.9 Å². The highest BCUT2D eigenvalue weighted by atomic mass is 16.3. The van der Waals surface area contributed by atoms with E-state index in [0.29, 0.717) is 12.3 Å². The van der Waals surface area contributed by atoms with Gasteiger partial charge in [0, 0.05) is 18.7 Å². The molecule has 0 bridgehead atoms. The molecule has 106 valence electrons. The monoisotopic (exact) mass is 273 g/mol. The van der Waals surface area contributed by atoms with Gasteiger partial charge in [-0.2, -0.15) is 0 Å². The predicted octanol–water partition coefficient (Wildman–Crippen LogP) is 2.84. The number of aliphatic hydroxyl groups is 1. The number of furan rings is 1. The first-order valence-electron chi connectivity index (χ1n) is 6.85. The lowest BCUT2D eigenvalue weighted by molar-refractivity contribution is 0.0926. The van der Waals surface area contributed by atoms with Crippen molar-refractivity contribution in [3.8, 4) is 11.1 Å². The lowest BCUT2D eigenvalue weighted by atomic mass is 10.1. The van der Waals surface area contributed by atoms with Crippen LogP contribution >= 0.6 is 0 Å². The Labute approximate surface area is 118 Å². The molecule has 0 aliphatic rings. The molecule has 0 fully saturated rings. The van der Waals surface area contributed by atoms with Gasteiger partial charge in [-0.15, -0.1) is 0 Å². The molecule has 0 aliphatic carbocycles. The van der Waals surface area contributed by atoms with E-state index in [1.54, 1.807) is 6.07 Å². The van der Waals surface area contributed by atoms with Crippen molar-refractivity contribution in [1.29, 1.82) is 0 Å². The molecule has 0 radical (unpaired) electrons. The lowest BCUT2D eigenvalue weighted by Crippen LogP contribution is -2.24. The minimum Gasteiger partial charge on any atom is -0.459 e. The number of hydrogen-bond donors (Lipinski definition) is 2. The molecule has 4 heteroatoms. The molecule has 1 aromatic heterocycles. The molecule has 1 heterocycles. The summed E-state index contributed by atoms with van der Waals surface area (Å²) in [5, 5.41) is 11.5. The van der Waals surface area contributed by atoms with Crippen molar-refractivity contribution in [2.24, 2.45) is 0 Å². The van der Waals surface area contributed by atoms with Crippen LogP contribution < -0.4 is 5.32 Å². The number of benzene rings is 1. The highest BCUT2D eigenvalue weighted by molar-refractivity contribution is 5.98. The molecule has 1 amide bonds. The fourth-order valence-corrected chi connectivity index (χ4v) is 2.03. The molecule has 1 aromatic carbocycles. The molecule has 2 N–H and O–H groups in total. The maximum Gasteiger partial charge on any atom is 0.287 e. The lowest BCUT2D eigenvalue weighted by Gasteiger charge is -2.05. The summed E-state index contributed by atoms with van der Waals surface area (Å²) >= 11 is 0. The van der Waals surface area contributed by atoms with E-state index in [1.165, 1.54) is 6.26 Å². The summed E-state index contributed by atoms with van der Waals surface area (Å²) in [7, 11) is 0. The first-order chi connectivity index (χ1) is 9.83. The van der Waals surface area contributed by atoms with Gasteiger partial charge in [-0.25, -0.2) is 0 Å². The average molecular weight is 273 g/mol. The minimum atomic E-state index is -0.196. The van der Waals surface area contributed by atoms with Crippen molar-refractivity contribution >= 4 is 5.91 Å². The Kier molecular flexibility index (Phi) is 5.38. The summed E-state index contributed by atoms with van der Waals surface area (Å²) < 4.78 is 5.31. The van der Waals surface area contributed by atoms with Crippen LogP contribution in [-0.4, -0.2) is 24.2 Å². The molecule has 0 saturated carbocycles. The van der Waals surface area contributed by atoms with Crippen LogP contribution in [0, 0.1) is 0 Å². The fraction of sp³-hybridized carbons (Fsp3) is 0.312. The Morgan fingerprint density at radius 2 is 1.90 bits per heavy atom. The van der Waals surface area contributed by atoms with Crippen LogP contribution in [0.2, 0.25) is 0 Å². The number of hydrogen-bond acceptors (Lipinski definition) is 3. The van der Waals surface area contributed by atoms with Crippen molar-refractivity contribution in [2.75, 3.05) is 13.2 Å². The number of unbranched alkanes of at least 4 members (excludes halogenated alkanes) is 2. The Morgan fingerprint density at radius 3 is 2.65 bits per heavy atom. The number of carbonyl (C=O) groups excluding carboxylic acids is 1. The van der Waals surface area contributed by atoms with Gasteiger partial charge in [0.2, 0.25) is 0 Å². The molecule has 0 spiro atoms. The van der Waals surface area contributed by atoms with E-state index in [2.05, 4.69) is 5.32 Å². The van der Waals surface area contributed by atoms with E-state index >= 15 is 0 Å². The van der Waals surface area contributed by atoms with E-state index in [1.807, 2.05) is 30.3 Å². The van der Waals surface area contributed by atoms with Crippen molar-refractivity contribution < 1.29 is 14.3 Å². The third kappa shape index (κ3) is 3.71.